The Kier molecular flexibility index (Phi) is 8.33. The smallest absolute Gasteiger partial charge is 0.0536 e. The molecule has 0 radical (unpaired) electrons. The molecule has 26 heavy (non-hydrogen) atoms. The zero-order chi connectivity index (χ0) is 21.2. The van der Waals surface area contributed by atoms with E-state index in [1.807, 2.05) is 0 Å². The summed E-state index contributed by atoms with van der Waals surface area (Å²) in [5.74, 6) is 0. The summed E-state index contributed by atoms with van der Waals surface area (Å²) >= 11 is 8.07. The predicted octanol–water partition coefficient (Wildman–Crippen LogP) is 9.11. The number of halogens is 2. The molecule has 0 aliphatic heterocycles. The first-order chi connectivity index (χ1) is 11.2. The van der Waals surface area contributed by atoms with Crippen LogP contribution in [-0.2, 0) is 0 Å². The van der Waals surface area contributed by atoms with Crippen LogP contribution in [0.3, 0.4) is 0 Å². The minimum absolute atomic E-state index is 0.0724. The molecule has 0 aromatic heterocycles. The molecular formula is C24H42Br2. The van der Waals surface area contributed by atoms with Gasteiger partial charge >= 0.3 is 0 Å². The van der Waals surface area contributed by atoms with Gasteiger partial charge in [0.2, 0.25) is 0 Å². The standard InChI is InChI=1S/C24H42Br2/c1-19(2,3)23(25,20(4,5)6)17-15-13-14-16-18-24(26,21(7,8)9)22(10,11)12/h13-18H,1-12H3/b14-13+,17-15+,18-16+. The molecule has 0 unspecified atom stereocenters. The van der Waals surface area contributed by atoms with Gasteiger partial charge in [-0.2, -0.15) is 0 Å². The van der Waals surface area contributed by atoms with Gasteiger partial charge < -0.3 is 0 Å². The number of hydrogen-bond donors (Lipinski definition) is 0. The lowest BCUT2D eigenvalue weighted by Crippen LogP contribution is -2.46. The van der Waals surface area contributed by atoms with Gasteiger partial charge in [-0.1, -0.05) is 151 Å². The summed E-state index contributed by atoms with van der Waals surface area (Å²) in [7, 11) is 0. The minimum atomic E-state index is -0.0724. The molecule has 0 spiro atoms. The van der Waals surface area contributed by atoms with Crippen LogP contribution in [0.25, 0.3) is 0 Å². The summed E-state index contributed by atoms with van der Waals surface area (Å²) in [6.45, 7) is 27.4. The van der Waals surface area contributed by atoms with Gasteiger partial charge in [-0.15, -0.1) is 0 Å². The van der Waals surface area contributed by atoms with Crippen molar-refractivity contribution in [1.82, 2.24) is 0 Å². The van der Waals surface area contributed by atoms with Crippen LogP contribution in [0.4, 0.5) is 0 Å². The Labute approximate surface area is 181 Å². The van der Waals surface area contributed by atoms with E-state index < -0.39 is 0 Å². The summed E-state index contributed by atoms with van der Waals surface area (Å²) in [6, 6.07) is 0. The summed E-state index contributed by atoms with van der Waals surface area (Å²) in [4.78, 5) is 0. The highest BCUT2D eigenvalue weighted by Gasteiger charge is 2.47. The van der Waals surface area contributed by atoms with Crippen molar-refractivity contribution < 1.29 is 0 Å². The largest absolute Gasteiger partial charge is 0.0796 e. The molecule has 0 rings (SSSR count). The highest BCUT2D eigenvalue weighted by atomic mass is 79.9. The van der Waals surface area contributed by atoms with E-state index >= 15 is 0 Å². The van der Waals surface area contributed by atoms with E-state index in [1.54, 1.807) is 0 Å². The zero-order valence-corrected chi connectivity index (χ0v) is 22.4. The lowest BCUT2D eigenvalue weighted by molar-refractivity contribution is 0.190. The van der Waals surface area contributed by atoms with E-state index in [2.05, 4.69) is 151 Å². The molecule has 0 aliphatic carbocycles. The van der Waals surface area contributed by atoms with Gasteiger partial charge in [0, 0.05) is 0 Å². The molecular weight excluding hydrogens is 448 g/mol. The van der Waals surface area contributed by atoms with E-state index in [-0.39, 0.29) is 30.3 Å². The van der Waals surface area contributed by atoms with Crippen LogP contribution in [-0.4, -0.2) is 8.65 Å². The van der Waals surface area contributed by atoms with Crippen LogP contribution < -0.4 is 0 Å². The van der Waals surface area contributed by atoms with Gasteiger partial charge in [-0.3, -0.25) is 0 Å². The summed E-state index contributed by atoms with van der Waals surface area (Å²) < 4.78 is -0.145. The van der Waals surface area contributed by atoms with Crippen molar-refractivity contribution in [3.63, 3.8) is 0 Å². The molecule has 0 amide bonds. The second-order valence-corrected chi connectivity index (χ2v) is 14.0. The third-order valence-corrected chi connectivity index (χ3v) is 10.6. The second-order valence-electron chi connectivity index (χ2n) is 11.5. The lowest BCUT2D eigenvalue weighted by atomic mass is 9.66. The van der Waals surface area contributed by atoms with Crippen LogP contribution in [0.15, 0.2) is 36.5 Å². The molecule has 0 aromatic rings. The molecule has 2 heteroatoms. The molecule has 0 nitrogen and oxygen atoms in total. The zero-order valence-electron chi connectivity index (χ0n) is 19.2. The first-order valence-electron chi connectivity index (χ1n) is 9.62. The van der Waals surface area contributed by atoms with Gasteiger partial charge in [0.25, 0.3) is 0 Å². The summed E-state index contributed by atoms with van der Waals surface area (Å²) in [6.07, 6.45) is 13.2. The SMILES string of the molecule is CC(C)(C)C(Br)(/C=C/C=C/C=C/C(Br)(C(C)(C)C)C(C)(C)C)C(C)(C)C. The van der Waals surface area contributed by atoms with Crippen LogP contribution >= 0.6 is 31.9 Å². The second kappa shape index (κ2) is 8.27. The average Bonchev–Trinajstić information content (AvgIpc) is 2.36. The molecule has 152 valence electrons. The van der Waals surface area contributed by atoms with Crippen molar-refractivity contribution in [2.24, 2.45) is 21.7 Å². The number of rotatable bonds is 4. The Morgan fingerprint density at radius 3 is 0.731 bits per heavy atom. The Morgan fingerprint density at radius 2 is 0.577 bits per heavy atom. The summed E-state index contributed by atoms with van der Waals surface area (Å²) in [5, 5.41) is 0. The van der Waals surface area contributed by atoms with Gasteiger partial charge in [-0.25, -0.2) is 0 Å². The highest BCUT2D eigenvalue weighted by molar-refractivity contribution is 9.10. The van der Waals surface area contributed by atoms with E-state index in [9.17, 15) is 0 Å². The van der Waals surface area contributed by atoms with Crippen molar-refractivity contribution >= 4 is 31.9 Å². The first-order valence-corrected chi connectivity index (χ1v) is 11.2. The quantitative estimate of drug-likeness (QED) is 0.272. The van der Waals surface area contributed by atoms with E-state index in [0.29, 0.717) is 0 Å². The van der Waals surface area contributed by atoms with Gasteiger partial charge in [0.15, 0.2) is 0 Å². The molecule has 0 saturated carbocycles. The minimum Gasteiger partial charge on any atom is -0.0796 e. The van der Waals surface area contributed by atoms with Crippen LogP contribution in [0.1, 0.15) is 83.1 Å². The van der Waals surface area contributed by atoms with Gasteiger partial charge in [-0.05, 0) is 21.7 Å². The van der Waals surface area contributed by atoms with Crippen molar-refractivity contribution in [2.75, 3.05) is 0 Å². The van der Waals surface area contributed by atoms with E-state index in [1.165, 1.54) is 0 Å². The van der Waals surface area contributed by atoms with Crippen molar-refractivity contribution in [2.45, 2.75) is 91.7 Å². The van der Waals surface area contributed by atoms with Gasteiger partial charge in [0.05, 0.1) is 8.65 Å². The first kappa shape index (κ1) is 26.2. The van der Waals surface area contributed by atoms with Crippen LogP contribution in [0.5, 0.6) is 0 Å². The molecule has 0 bridgehead atoms. The maximum Gasteiger partial charge on any atom is 0.0536 e. The lowest BCUT2D eigenvalue weighted by Gasteiger charge is -2.47. The topological polar surface area (TPSA) is 0 Å². The number of alkyl halides is 2. The third-order valence-electron chi connectivity index (χ3n) is 5.35. The van der Waals surface area contributed by atoms with Crippen molar-refractivity contribution in [3.8, 4) is 0 Å². The Bertz CT molecular complexity index is 457. The number of hydrogen-bond acceptors (Lipinski definition) is 0. The monoisotopic (exact) mass is 488 g/mol. The fraction of sp³-hybridized carbons (Fsp3) is 0.750. The van der Waals surface area contributed by atoms with Gasteiger partial charge in [0.1, 0.15) is 0 Å². The maximum absolute atomic E-state index is 4.03. The molecule has 0 atom stereocenters. The molecule has 0 heterocycles. The van der Waals surface area contributed by atoms with Crippen LogP contribution in [0.2, 0.25) is 0 Å². The van der Waals surface area contributed by atoms with E-state index in [4.69, 9.17) is 0 Å². The number of allylic oxidation sites excluding steroid dienone is 6. The average molecular weight is 490 g/mol. The van der Waals surface area contributed by atoms with Crippen molar-refractivity contribution in [3.05, 3.63) is 36.5 Å². The Balaban J connectivity index is 5.49. The van der Waals surface area contributed by atoms with E-state index in [0.717, 1.165) is 0 Å². The fourth-order valence-corrected chi connectivity index (χ4v) is 4.06. The fourth-order valence-electron chi connectivity index (χ4n) is 3.75. The summed E-state index contributed by atoms with van der Waals surface area (Å²) in [5.41, 5.74) is 0.480. The Morgan fingerprint density at radius 1 is 0.385 bits per heavy atom. The molecule has 0 fully saturated rings. The highest BCUT2D eigenvalue weighted by Crippen LogP contribution is 2.52. The maximum atomic E-state index is 4.03. The van der Waals surface area contributed by atoms with Crippen molar-refractivity contribution in [1.29, 1.82) is 0 Å². The predicted molar refractivity (Wildman–Crippen MR) is 129 cm³/mol. The molecule has 0 aliphatic rings. The Hall–Kier alpha value is 0.180. The molecule has 0 saturated heterocycles. The molecule has 0 aromatic carbocycles. The third kappa shape index (κ3) is 5.84. The van der Waals surface area contributed by atoms with Crippen LogP contribution in [0, 0.1) is 21.7 Å². The molecule has 0 N–H and O–H groups in total. The normalized spacial score (nSPS) is 16.4.